The number of nitrogens with one attached hydrogen (secondary N) is 1. The summed E-state index contributed by atoms with van der Waals surface area (Å²) in [7, 11) is 4.10. The molecule has 0 radical (unpaired) electrons. The van der Waals surface area contributed by atoms with Gasteiger partial charge in [0.25, 0.3) is 0 Å². The zero-order valence-corrected chi connectivity index (χ0v) is 14.8. The highest BCUT2D eigenvalue weighted by molar-refractivity contribution is 5.30. The van der Waals surface area contributed by atoms with Gasteiger partial charge >= 0.3 is 0 Å². The first-order valence-corrected chi connectivity index (χ1v) is 8.83. The van der Waals surface area contributed by atoms with E-state index in [1.165, 1.54) is 12.0 Å². The van der Waals surface area contributed by atoms with Crippen LogP contribution in [-0.2, 0) is 0 Å². The summed E-state index contributed by atoms with van der Waals surface area (Å²) in [5.41, 5.74) is 1.25. The summed E-state index contributed by atoms with van der Waals surface area (Å²) in [6.07, 6.45) is 4.19. The molecule has 0 spiro atoms. The van der Waals surface area contributed by atoms with Crippen molar-refractivity contribution in [1.82, 2.24) is 10.2 Å². The summed E-state index contributed by atoms with van der Waals surface area (Å²) in [4.78, 5) is 2.12. The van der Waals surface area contributed by atoms with Crippen molar-refractivity contribution in [3.05, 3.63) is 29.8 Å². The first-order valence-electron chi connectivity index (χ1n) is 8.83. The highest BCUT2D eigenvalue weighted by Gasteiger charge is 2.20. The molecular formula is C19H32N2O2. The number of rotatable bonds is 8. The van der Waals surface area contributed by atoms with Crippen LogP contribution in [0.3, 0.4) is 0 Å². The minimum Gasteiger partial charge on any atom is -0.492 e. The summed E-state index contributed by atoms with van der Waals surface area (Å²) >= 11 is 0. The smallest absolute Gasteiger partial charge is 0.119 e. The van der Waals surface area contributed by atoms with Crippen molar-refractivity contribution >= 4 is 0 Å². The van der Waals surface area contributed by atoms with Gasteiger partial charge in [0.05, 0.1) is 6.10 Å². The molecular weight excluding hydrogens is 288 g/mol. The van der Waals surface area contributed by atoms with Gasteiger partial charge in [0.15, 0.2) is 0 Å². The second-order valence-corrected chi connectivity index (χ2v) is 7.04. The number of ether oxygens (including phenoxy) is 1. The largest absolute Gasteiger partial charge is 0.492 e. The molecule has 130 valence electrons. The van der Waals surface area contributed by atoms with Gasteiger partial charge in [0.2, 0.25) is 0 Å². The maximum Gasteiger partial charge on any atom is 0.119 e. The fourth-order valence-electron chi connectivity index (χ4n) is 3.13. The molecule has 0 amide bonds. The van der Waals surface area contributed by atoms with Gasteiger partial charge in [-0.1, -0.05) is 18.6 Å². The maximum atomic E-state index is 9.77. The van der Waals surface area contributed by atoms with E-state index in [2.05, 4.69) is 35.3 Å². The molecule has 3 unspecified atom stereocenters. The third-order valence-electron chi connectivity index (χ3n) is 4.63. The predicted molar refractivity (Wildman–Crippen MR) is 94.9 cm³/mol. The molecule has 23 heavy (non-hydrogen) atoms. The van der Waals surface area contributed by atoms with E-state index in [-0.39, 0.29) is 6.10 Å². The Balaban J connectivity index is 1.80. The van der Waals surface area contributed by atoms with Crippen LogP contribution in [0.15, 0.2) is 24.3 Å². The monoisotopic (exact) mass is 320 g/mol. The molecule has 4 heteroatoms. The van der Waals surface area contributed by atoms with Crippen molar-refractivity contribution < 1.29 is 9.84 Å². The van der Waals surface area contributed by atoms with Crippen LogP contribution in [0.25, 0.3) is 0 Å². The highest BCUT2D eigenvalue weighted by Crippen LogP contribution is 2.25. The van der Waals surface area contributed by atoms with E-state index < -0.39 is 0 Å². The summed E-state index contributed by atoms with van der Waals surface area (Å²) in [6.45, 7) is 4.79. The molecule has 0 saturated heterocycles. The zero-order valence-electron chi connectivity index (χ0n) is 14.8. The quantitative estimate of drug-likeness (QED) is 0.773. The Kier molecular flexibility index (Phi) is 7.34. The number of nitrogens with zero attached hydrogens (tertiary/aromatic N) is 1. The van der Waals surface area contributed by atoms with Crippen LogP contribution >= 0.6 is 0 Å². The second-order valence-electron chi connectivity index (χ2n) is 7.04. The molecule has 1 aromatic carbocycles. The van der Waals surface area contributed by atoms with Gasteiger partial charge in [-0.25, -0.2) is 0 Å². The third-order valence-corrected chi connectivity index (χ3v) is 4.63. The standard InChI is InChI=1S/C19H32N2O2/c1-15(20-14-16-6-4-8-18(22)12-16)17-7-5-9-19(13-17)23-11-10-21(2)3/h5,7,9,13,15-16,18,20,22H,4,6,8,10-12,14H2,1-3H3. The topological polar surface area (TPSA) is 44.7 Å². The van der Waals surface area contributed by atoms with Crippen LogP contribution < -0.4 is 10.1 Å². The average Bonchev–Trinajstić information content (AvgIpc) is 2.52. The van der Waals surface area contributed by atoms with Crippen molar-refractivity contribution in [3.8, 4) is 5.75 Å². The van der Waals surface area contributed by atoms with Gasteiger partial charge in [-0.15, -0.1) is 0 Å². The van der Waals surface area contributed by atoms with Gasteiger partial charge < -0.3 is 20.1 Å². The van der Waals surface area contributed by atoms with E-state index in [0.717, 1.165) is 38.1 Å². The van der Waals surface area contributed by atoms with E-state index in [9.17, 15) is 5.11 Å². The van der Waals surface area contributed by atoms with Crippen LogP contribution in [0, 0.1) is 5.92 Å². The van der Waals surface area contributed by atoms with Crippen molar-refractivity contribution in [2.45, 2.75) is 44.8 Å². The molecule has 2 N–H and O–H groups in total. The van der Waals surface area contributed by atoms with Gasteiger partial charge in [0.1, 0.15) is 12.4 Å². The number of hydrogen-bond donors (Lipinski definition) is 2. The third kappa shape index (κ3) is 6.50. The lowest BCUT2D eigenvalue weighted by molar-refractivity contribution is 0.0998. The average molecular weight is 320 g/mol. The van der Waals surface area contributed by atoms with Gasteiger partial charge in [0, 0.05) is 12.6 Å². The number of aliphatic hydroxyl groups is 1. The van der Waals surface area contributed by atoms with E-state index in [0.29, 0.717) is 18.6 Å². The lowest BCUT2D eigenvalue weighted by atomic mass is 9.87. The van der Waals surface area contributed by atoms with Crippen molar-refractivity contribution in [1.29, 1.82) is 0 Å². The van der Waals surface area contributed by atoms with Crippen molar-refractivity contribution in [2.24, 2.45) is 5.92 Å². The predicted octanol–water partition coefficient (Wildman–Crippen LogP) is 2.83. The molecule has 1 aromatic rings. The Morgan fingerprint density at radius 2 is 2.17 bits per heavy atom. The second kappa shape index (κ2) is 9.26. The lowest BCUT2D eigenvalue weighted by Gasteiger charge is -2.27. The summed E-state index contributed by atoms with van der Waals surface area (Å²) in [5.74, 6) is 1.53. The van der Waals surface area contributed by atoms with Crippen molar-refractivity contribution in [3.63, 3.8) is 0 Å². The maximum absolute atomic E-state index is 9.77. The van der Waals surface area contributed by atoms with Crippen LogP contribution in [0.5, 0.6) is 5.75 Å². The van der Waals surface area contributed by atoms with Gasteiger partial charge in [-0.3, -0.25) is 0 Å². The summed E-state index contributed by atoms with van der Waals surface area (Å²) in [5, 5.41) is 13.4. The first-order chi connectivity index (χ1) is 11.0. The molecule has 0 bridgehead atoms. The normalized spacial score (nSPS) is 23.0. The summed E-state index contributed by atoms with van der Waals surface area (Å²) in [6, 6.07) is 8.65. The molecule has 1 saturated carbocycles. The Morgan fingerprint density at radius 1 is 1.35 bits per heavy atom. The van der Waals surface area contributed by atoms with E-state index in [1.54, 1.807) is 0 Å². The molecule has 0 aromatic heterocycles. The Bertz CT molecular complexity index is 464. The molecule has 0 aliphatic heterocycles. The number of hydrogen-bond acceptors (Lipinski definition) is 4. The molecule has 0 heterocycles. The lowest BCUT2D eigenvalue weighted by Crippen LogP contribution is -2.30. The molecule has 2 rings (SSSR count). The number of benzene rings is 1. The number of likely N-dealkylation sites (N-methyl/N-ethyl adjacent to an activating group) is 1. The Morgan fingerprint density at radius 3 is 2.91 bits per heavy atom. The van der Waals surface area contributed by atoms with Crippen LogP contribution in [-0.4, -0.2) is 49.9 Å². The van der Waals surface area contributed by atoms with Gasteiger partial charge in [-0.2, -0.15) is 0 Å². The van der Waals surface area contributed by atoms with Crippen molar-refractivity contribution in [2.75, 3.05) is 33.8 Å². The molecule has 4 nitrogen and oxygen atoms in total. The van der Waals surface area contributed by atoms with Crippen LogP contribution in [0.4, 0.5) is 0 Å². The molecule has 1 fully saturated rings. The fraction of sp³-hybridized carbons (Fsp3) is 0.684. The highest BCUT2D eigenvalue weighted by atomic mass is 16.5. The minimum absolute atomic E-state index is 0.0979. The first kappa shape index (κ1) is 18.2. The zero-order chi connectivity index (χ0) is 16.7. The van der Waals surface area contributed by atoms with Crippen LogP contribution in [0.1, 0.15) is 44.2 Å². The Hall–Kier alpha value is -1.10. The minimum atomic E-state index is -0.0979. The molecule has 3 atom stereocenters. The fourth-order valence-corrected chi connectivity index (χ4v) is 3.13. The SMILES string of the molecule is CC(NCC1CCCC(O)C1)c1cccc(OCCN(C)C)c1. The number of aliphatic hydroxyl groups excluding tert-OH is 1. The molecule has 1 aliphatic carbocycles. The summed E-state index contributed by atoms with van der Waals surface area (Å²) < 4.78 is 5.81. The van der Waals surface area contributed by atoms with E-state index in [4.69, 9.17) is 4.74 Å². The van der Waals surface area contributed by atoms with E-state index in [1.807, 2.05) is 20.2 Å². The van der Waals surface area contributed by atoms with Crippen LogP contribution in [0.2, 0.25) is 0 Å². The van der Waals surface area contributed by atoms with E-state index >= 15 is 0 Å². The molecule has 1 aliphatic rings. The Labute approximate surface area is 140 Å². The van der Waals surface area contributed by atoms with Gasteiger partial charge in [-0.05, 0) is 70.4 Å².